The van der Waals surface area contributed by atoms with Gasteiger partial charge in [-0.1, -0.05) is 36.4 Å². The molecule has 6 nitrogen and oxygen atoms in total. The minimum Gasteiger partial charge on any atom is -0.379 e. The molecule has 1 N–H and O–H groups in total. The number of hydrogen-bond donors (Lipinski definition) is 1. The minimum absolute atomic E-state index is 0.0526. The molecule has 32 heavy (non-hydrogen) atoms. The van der Waals surface area contributed by atoms with Crippen LogP contribution in [0.4, 0.5) is 4.39 Å². The van der Waals surface area contributed by atoms with E-state index in [4.69, 9.17) is 9.47 Å². The van der Waals surface area contributed by atoms with Crippen molar-refractivity contribution in [2.24, 2.45) is 4.99 Å². The van der Waals surface area contributed by atoms with Crippen LogP contribution in [0.15, 0.2) is 53.5 Å². The number of ether oxygens (including phenoxy) is 2. The van der Waals surface area contributed by atoms with Crippen molar-refractivity contribution in [2.45, 2.75) is 32.2 Å². The van der Waals surface area contributed by atoms with Crippen molar-refractivity contribution < 1.29 is 13.9 Å². The number of hydrogen-bond acceptors (Lipinski definition) is 4. The monoisotopic (exact) mass is 440 g/mol. The quantitative estimate of drug-likeness (QED) is 0.572. The maximum Gasteiger partial charge on any atom is 0.194 e. The fourth-order valence-electron chi connectivity index (χ4n) is 4.28. The third-order valence-corrected chi connectivity index (χ3v) is 6.00. The molecule has 2 aliphatic heterocycles. The lowest BCUT2D eigenvalue weighted by atomic mass is 10.1. The van der Waals surface area contributed by atoms with Crippen molar-refractivity contribution in [3.05, 3.63) is 71.0 Å². The largest absolute Gasteiger partial charge is 0.379 e. The molecule has 2 saturated heterocycles. The van der Waals surface area contributed by atoms with Crippen LogP contribution in [0.5, 0.6) is 0 Å². The van der Waals surface area contributed by atoms with E-state index in [-0.39, 0.29) is 18.0 Å². The number of rotatable bonds is 5. The first kappa shape index (κ1) is 22.7. The van der Waals surface area contributed by atoms with E-state index in [1.807, 2.05) is 0 Å². The smallest absolute Gasteiger partial charge is 0.194 e. The topological polar surface area (TPSA) is 49.3 Å². The number of benzene rings is 2. The molecule has 172 valence electrons. The molecule has 2 fully saturated rings. The van der Waals surface area contributed by atoms with Crippen LogP contribution in [0.3, 0.4) is 0 Å². The van der Waals surface area contributed by atoms with Crippen molar-refractivity contribution in [3.63, 3.8) is 0 Å². The summed E-state index contributed by atoms with van der Waals surface area (Å²) in [5, 5.41) is 3.49. The van der Waals surface area contributed by atoms with Gasteiger partial charge in [-0.15, -0.1) is 0 Å². The van der Waals surface area contributed by atoms with Crippen LogP contribution in [-0.2, 0) is 22.6 Å². The van der Waals surface area contributed by atoms with Crippen LogP contribution < -0.4 is 5.32 Å². The Hall–Kier alpha value is -2.48. The molecule has 0 amide bonds. The van der Waals surface area contributed by atoms with Gasteiger partial charge in [-0.2, -0.15) is 0 Å². The van der Waals surface area contributed by atoms with Gasteiger partial charge in [0.25, 0.3) is 0 Å². The predicted molar refractivity (Wildman–Crippen MR) is 124 cm³/mol. The second-order valence-corrected chi connectivity index (χ2v) is 8.50. The highest BCUT2D eigenvalue weighted by Gasteiger charge is 2.28. The van der Waals surface area contributed by atoms with Gasteiger partial charge in [0.1, 0.15) is 11.9 Å². The van der Waals surface area contributed by atoms with E-state index in [1.54, 1.807) is 19.2 Å². The maximum absolute atomic E-state index is 13.3. The van der Waals surface area contributed by atoms with Crippen LogP contribution in [0.1, 0.15) is 29.7 Å². The molecule has 0 aromatic heterocycles. The molecule has 2 atom stereocenters. The number of nitrogens with zero attached hydrogens (tertiary/aromatic N) is 3. The summed E-state index contributed by atoms with van der Waals surface area (Å²) in [6, 6.07) is 15.3. The summed E-state index contributed by atoms with van der Waals surface area (Å²) in [4.78, 5) is 9.14. The third kappa shape index (κ3) is 6.06. The second kappa shape index (κ2) is 10.9. The molecule has 4 rings (SSSR count). The van der Waals surface area contributed by atoms with Crippen molar-refractivity contribution in [3.8, 4) is 0 Å². The number of guanidine groups is 1. The Morgan fingerprint density at radius 2 is 1.72 bits per heavy atom. The predicted octanol–water partition coefficient (Wildman–Crippen LogP) is 3.20. The van der Waals surface area contributed by atoms with Crippen LogP contribution in [0.25, 0.3) is 0 Å². The van der Waals surface area contributed by atoms with Crippen molar-refractivity contribution in [1.82, 2.24) is 15.1 Å². The molecule has 2 aromatic rings. The van der Waals surface area contributed by atoms with E-state index in [0.717, 1.165) is 50.9 Å². The molecule has 2 heterocycles. The van der Waals surface area contributed by atoms with Gasteiger partial charge in [-0.05, 0) is 35.7 Å². The molecule has 2 aliphatic rings. The van der Waals surface area contributed by atoms with E-state index in [1.165, 1.54) is 23.3 Å². The summed E-state index contributed by atoms with van der Waals surface area (Å²) in [5.41, 5.74) is 3.52. The second-order valence-electron chi connectivity index (χ2n) is 8.50. The summed E-state index contributed by atoms with van der Waals surface area (Å²) in [5.74, 6) is 0.618. The first-order chi connectivity index (χ1) is 15.6. The van der Waals surface area contributed by atoms with Crippen LogP contribution >= 0.6 is 0 Å². The normalized spacial score (nSPS) is 22.7. The van der Waals surface area contributed by atoms with Crippen molar-refractivity contribution >= 4 is 5.96 Å². The molecular weight excluding hydrogens is 407 g/mol. The van der Waals surface area contributed by atoms with Crippen LogP contribution in [0, 0.1) is 5.82 Å². The van der Waals surface area contributed by atoms with Gasteiger partial charge < -0.3 is 19.7 Å². The lowest BCUT2D eigenvalue weighted by Crippen LogP contribution is -2.50. The maximum atomic E-state index is 13.3. The summed E-state index contributed by atoms with van der Waals surface area (Å²) in [7, 11) is 1.81. The molecular formula is C25H33FN4O2. The van der Waals surface area contributed by atoms with Gasteiger partial charge >= 0.3 is 0 Å². The number of morpholine rings is 2. The molecule has 0 spiro atoms. The van der Waals surface area contributed by atoms with Gasteiger partial charge in [0.2, 0.25) is 0 Å². The summed E-state index contributed by atoms with van der Waals surface area (Å²) < 4.78 is 24.8. The highest BCUT2D eigenvalue weighted by molar-refractivity contribution is 5.80. The fourth-order valence-corrected chi connectivity index (χ4v) is 4.28. The van der Waals surface area contributed by atoms with Crippen LogP contribution in [-0.4, -0.2) is 68.3 Å². The zero-order chi connectivity index (χ0) is 22.3. The van der Waals surface area contributed by atoms with E-state index >= 15 is 0 Å². The molecule has 0 radical (unpaired) electrons. The van der Waals surface area contributed by atoms with E-state index in [9.17, 15) is 4.39 Å². The zero-order valence-corrected chi connectivity index (χ0v) is 19.0. The summed E-state index contributed by atoms with van der Waals surface area (Å²) in [6.07, 6.45) is -0.0609. The van der Waals surface area contributed by atoms with Gasteiger partial charge in [0, 0.05) is 39.8 Å². The Balaban J connectivity index is 1.33. The van der Waals surface area contributed by atoms with Gasteiger partial charge in [0.15, 0.2) is 5.96 Å². The standard InChI is InChI=1S/C25H33FN4O2/c1-19-16-30(18-24(32-19)22-7-9-23(26)10-8-22)25(27-2)28-15-20-3-5-21(6-4-20)17-29-11-13-31-14-12-29/h3-10,19,24H,11-18H2,1-2H3,(H,27,28). The molecule has 0 bridgehead atoms. The average molecular weight is 441 g/mol. The van der Waals surface area contributed by atoms with Gasteiger partial charge in [-0.3, -0.25) is 9.89 Å². The van der Waals surface area contributed by atoms with E-state index in [0.29, 0.717) is 13.1 Å². The number of aliphatic imine (C=N–C) groups is 1. The van der Waals surface area contributed by atoms with Crippen molar-refractivity contribution in [2.75, 3.05) is 46.4 Å². The Bertz CT molecular complexity index is 882. The molecule has 0 saturated carbocycles. The first-order valence-corrected chi connectivity index (χ1v) is 11.3. The Morgan fingerprint density at radius 3 is 2.41 bits per heavy atom. The summed E-state index contributed by atoms with van der Waals surface area (Å²) >= 11 is 0. The Labute approximate surface area is 190 Å². The zero-order valence-electron chi connectivity index (χ0n) is 19.0. The first-order valence-electron chi connectivity index (χ1n) is 11.3. The Morgan fingerprint density at radius 1 is 1.03 bits per heavy atom. The molecule has 0 aliphatic carbocycles. The third-order valence-electron chi connectivity index (χ3n) is 6.00. The highest BCUT2D eigenvalue weighted by Crippen LogP contribution is 2.25. The molecule has 7 heteroatoms. The summed E-state index contributed by atoms with van der Waals surface area (Å²) in [6.45, 7) is 8.80. The fraction of sp³-hybridized carbons (Fsp3) is 0.480. The van der Waals surface area contributed by atoms with Crippen molar-refractivity contribution in [1.29, 1.82) is 0 Å². The molecule has 2 unspecified atom stereocenters. The van der Waals surface area contributed by atoms with Gasteiger partial charge in [0.05, 0.1) is 25.9 Å². The Kier molecular flexibility index (Phi) is 7.73. The molecule has 2 aromatic carbocycles. The number of nitrogens with one attached hydrogen (secondary N) is 1. The van der Waals surface area contributed by atoms with Crippen LogP contribution in [0.2, 0.25) is 0 Å². The SMILES string of the molecule is CN=C(NCc1ccc(CN2CCOCC2)cc1)N1CC(C)OC(c2ccc(F)cc2)C1. The highest BCUT2D eigenvalue weighted by atomic mass is 19.1. The minimum atomic E-state index is -0.233. The van der Waals surface area contributed by atoms with E-state index < -0.39 is 0 Å². The lowest BCUT2D eigenvalue weighted by molar-refractivity contribution is -0.0605. The average Bonchev–Trinajstić information content (AvgIpc) is 2.81. The number of halogens is 1. The van der Waals surface area contributed by atoms with Gasteiger partial charge in [-0.25, -0.2) is 4.39 Å². The lowest BCUT2D eigenvalue weighted by Gasteiger charge is -2.38. The van der Waals surface area contributed by atoms with E-state index in [2.05, 4.69) is 51.3 Å².